The largest absolute Gasteiger partial charge is 0.477 e. The molecule has 0 aliphatic carbocycles. The van der Waals surface area contributed by atoms with Crippen molar-refractivity contribution in [2.24, 2.45) is 5.73 Å². The van der Waals surface area contributed by atoms with Crippen molar-refractivity contribution in [3.63, 3.8) is 0 Å². The van der Waals surface area contributed by atoms with Crippen LogP contribution in [0.4, 0.5) is 0 Å². The zero-order valence-electron chi connectivity index (χ0n) is 4.10. The van der Waals surface area contributed by atoms with Gasteiger partial charge >= 0.3 is 5.97 Å². The molecule has 3 nitrogen and oxygen atoms in total. The lowest BCUT2D eigenvalue weighted by Gasteiger charge is -1.85. The van der Waals surface area contributed by atoms with Crippen molar-refractivity contribution < 1.29 is 9.90 Å². The summed E-state index contributed by atoms with van der Waals surface area (Å²) in [6.45, 7) is 0.243. The second-order valence-corrected chi connectivity index (χ2v) is 1.95. The van der Waals surface area contributed by atoms with Crippen LogP contribution in [-0.4, -0.2) is 17.6 Å². The predicted octanol–water partition coefficient (Wildman–Crippen LogP) is 0.308. The van der Waals surface area contributed by atoms with Crippen LogP contribution in [0.1, 0.15) is 0 Å². The van der Waals surface area contributed by atoms with Gasteiger partial charge in [0.1, 0.15) is 0 Å². The van der Waals surface area contributed by atoms with Crippen LogP contribution in [0.5, 0.6) is 0 Å². The van der Waals surface area contributed by atoms with Gasteiger partial charge in [-0.25, -0.2) is 4.79 Å². The van der Waals surface area contributed by atoms with E-state index in [0.29, 0.717) is 0 Å². The number of halogens is 1. The molecule has 0 aliphatic rings. The minimum Gasteiger partial charge on any atom is -0.477 e. The van der Waals surface area contributed by atoms with E-state index >= 15 is 0 Å². The van der Waals surface area contributed by atoms with E-state index < -0.39 is 5.97 Å². The second kappa shape index (κ2) is 3.63. The SMILES string of the molecule is NC/C=C(/Br)C(=O)O. The van der Waals surface area contributed by atoms with E-state index in [1.165, 1.54) is 6.08 Å². The van der Waals surface area contributed by atoms with Crippen molar-refractivity contribution in [2.45, 2.75) is 0 Å². The summed E-state index contributed by atoms with van der Waals surface area (Å²) >= 11 is 2.78. The van der Waals surface area contributed by atoms with Gasteiger partial charge in [0.25, 0.3) is 0 Å². The van der Waals surface area contributed by atoms with Crippen LogP contribution in [0.3, 0.4) is 0 Å². The molecule has 0 unspecified atom stereocenters. The number of carboxylic acids is 1. The molecule has 0 aliphatic heterocycles. The molecule has 4 heteroatoms. The average Bonchev–Trinajstić information content (AvgIpc) is 1.67. The van der Waals surface area contributed by atoms with Crippen molar-refractivity contribution in [3.8, 4) is 0 Å². The molecular formula is C4H6BrNO2. The van der Waals surface area contributed by atoms with Crippen LogP contribution in [0.2, 0.25) is 0 Å². The molecule has 0 saturated heterocycles. The lowest BCUT2D eigenvalue weighted by atomic mass is 10.5. The Kier molecular flexibility index (Phi) is 3.47. The van der Waals surface area contributed by atoms with E-state index in [-0.39, 0.29) is 11.0 Å². The van der Waals surface area contributed by atoms with Crippen molar-refractivity contribution >= 4 is 21.9 Å². The molecule has 0 saturated carbocycles. The summed E-state index contributed by atoms with van der Waals surface area (Å²) in [6, 6.07) is 0. The van der Waals surface area contributed by atoms with Gasteiger partial charge in [0.15, 0.2) is 0 Å². The summed E-state index contributed by atoms with van der Waals surface area (Å²) in [5.41, 5.74) is 5.00. The number of carboxylic acid groups (broad SMARTS) is 1. The summed E-state index contributed by atoms with van der Waals surface area (Å²) in [7, 11) is 0. The molecule has 0 atom stereocenters. The minimum absolute atomic E-state index is 0.111. The van der Waals surface area contributed by atoms with Crippen LogP contribution in [0, 0.1) is 0 Å². The maximum absolute atomic E-state index is 9.92. The Bertz CT molecular complexity index is 121. The Morgan fingerprint density at radius 1 is 1.88 bits per heavy atom. The highest BCUT2D eigenvalue weighted by atomic mass is 79.9. The number of carbonyl (C=O) groups is 1. The lowest BCUT2D eigenvalue weighted by molar-refractivity contribution is -0.131. The highest BCUT2D eigenvalue weighted by molar-refractivity contribution is 9.12. The van der Waals surface area contributed by atoms with Gasteiger partial charge in [-0.15, -0.1) is 0 Å². The summed E-state index contributed by atoms with van der Waals surface area (Å²) in [4.78, 5) is 9.92. The van der Waals surface area contributed by atoms with Gasteiger partial charge in [-0.05, 0) is 22.0 Å². The van der Waals surface area contributed by atoms with Crippen LogP contribution < -0.4 is 5.73 Å². The number of nitrogens with two attached hydrogens (primary N) is 1. The van der Waals surface area contributed by atoms with Gasteiger partial charge in [-0.3, -0.25) is 0 Å². The van der Waals surface area contributed by atoms with E-state index in [2.05, 4.69) is 15.9 Å². The van der Waals surface area contributed by atoms with E-state index in [4.69, 9.17) is 10.8 Å². The number of hydrogen-bond donors (Lipinski definition) is 2. The molecule has 0 aromatic rings. The Hall–Kier alpha value is -0.350. The monoisotopic (exact) mass is 179 g/mol. The zero-order chi connectivity index (χ0) is 6.57. The Labute approximate surface area is 55.3 Å². The molecule has 0 aromatic carbocycles. The van der Waals surface area contributed by atoms with Crippen molar-refractivity contribution in [1.82, 2.24) is 0 Å². The van der Waals surface area contributed by atoms with E-state index in [0.717, 1.165) is 0 Å². The van der Waals surface area contributed by atoms with Crippen LogP contribution >= 0.6 is 15.9 Å². The van der Waals surface area contributed by atoms with E-state index in [1.54, 1.807) is 0 Å². The fourth-order valence-corrected chi connectivity index (χ4v) is 0.378. The maximum atomic E-state index is 9.92. The minimum atomic E-state index is -0.990. The first-order chi connectivity index (χ1) is 3.68. The summed E-state index contributed by atoms with van der Waals surface area (Å²) in [5, 5.41) is 8.14. The Balaban J connectivity index is 3.80. The molecule has 0 radical (unpaired) electrons. The Morgan fingerprint density at radius 2 is 2.38 bits per heavy atom. The van der Waals surface area contributed by atoms with Crippen molar-refractivity contribution in [2.75, 3.05) is 6.54 Å². The maximum Gasteiger partial charge on any atom is 0.342 e. The normalized spacial score (nSPS) is 11.5. The van der Waals surface area contributed by atoms with Crippen LogP contribution in [-0.2, 0) is 4.79 Å². The standard InChI is InChI=1S/C4H6BrNO2/c5-3(1-2-6)4(7)8/h1H,2,6H2,(H,7,8)/b3-1+. The number of rotatable bonds is 2. The van der Waals surface area contributed by atoms with Gasteiger partial charge in [-0.2, -0.15) is 0 Å². The number of hydrogen-bond acceptors (Lipinski definition) is 2. The molecule has 0 aromatic heterocycles. The van der Waals surface area contributed by atoms with Gasteiger partial charge in [0.05, 0.1) is 4.48 Å². The van der Waals surface area contributed by atoms with Crippen LogP contribution in [0.15, 0.2) is 10.6 Å². The number of aliphatic carboxylic acids is 1. The smallest absolute Gasteiger partial charge is 0.342 e. The Morgan fingerprint density at radius 3 is 2.50 bits per heavy atom. The first kappa shape index (κ1) is 7.65. The molecule has 0 heterocycles. The summed E-state index contributed by atoms with van der Waals surface area (Å²) in [5.74, 6) is -0.990. The van der Waals surface area contributed by atoms with Crippen molar-refractivity contribution in [3.05, 3.63) is 10.6 Å². The fraction of sp³-hybridized carbons (Fsp3) is 0.250. The molecule has 46 valence electrons. The highest BCUT2D eigenvalue weighted by Crippen LogP contribution is 2.01. The first-order valence-electron chi connectivity index (χ1n) is 1.97. The van der Waals surface area contributed by atoms with Gasteiger partial charge in [0, 0.05) is 6.54 Å². The molecule has 3 N–H and O–H groups in total. The molecule has 0 fully saturated rings. The predicted molar refractivity (Wildman–Crippen MR) is 33.7 cm³/mol. The highest BCUT2D eigenvalue weighted by Gasteiger charge is 1.97. The average molecular weight is 180 g/mol. The lowest BCUT2D eigenvalue weighted by Crippen LogP contribution is -1.99. The van der Waals surface area contributed by atoms with E-state index in [9.17, 15) is 4.79 Å². The molecule has 0 spiro atoms. The topological polar surface area (TPSA) is 63.3 Å². The second-order valence-electron chi connectivity index (χ2n) is 1.09. The van der Waals surface area contributed by atoms with Crippen molar-refractivity contribution in [1.29, 1.82) is 0 Å². The third kappa shape index (κ3) is 2.76. The molecule has 0 bridgehead atoms. The third-order valence-electron chi connectivity index (χ3n) is 0.501. The molecule has 0 rings (SSSR count). The van der Waals surface area contributed by atoms with Gasteiger partial charge < -0.3 is 10.8 Å². The van der Waals surface area contributed by atoms with E-state index in [1.807, 2.05) is 0 Å². The first-order valence-corrected chi connectivity index (χ1v) is 2.76. The quantitative estimate of drug-likeness (QED) is 0.601. The van der Waals surface area contributed by atoms with Gasteiger partial charge in [-0.1, -0.05) is 0 Å². The summed E-state index contributed by atoms with van der Waals surface area (Å²) in [6.07, 6.45) is 1.38. The molecule has 0 amide bonds. The summed E-state index contributed by atoms with van der Waals surface area (Å²) < 4.78 is 0.111. The molecule has 8 heavy (non-hydrogen) atoms. The molecular weight excluding hydrogens is 174 g/mol. The fourth-order valence-electron chi connectivity index (χ4n) is 0.191. The zero-order valence-corrected chi connectivity index (χ0v) is 5.68. The van der Waals surface area contributed by atoms with Crippen LogP contribution in [0.25, 0.3) is 0 Å². The van der Waals surface area contributed by atoms with Gasteiger partial charge in [0.2, 0.25) is 0 Å². The third-order valence-corrected chi connectivity index (χ3v) is 1.16.